The molecule has 0 N–H and O–H groups in total. The first-order chi connectivity index (χ1) is 15.0. The Morgan fingerprint density at radius 1 is 0.903 bits per heavy atom. The van der Waals surface area contributed by atoms with Gasteiger partial charge in [-0.15, -0.1) is 0 Å². The molecule has 1 aromatic heterocycles. The fourth-order valence-electron chi connectivity index (χ4n) is 3.93. The molecule has 31 heavy (non-hydrogen) atoms. The Kier molecular flexibility index (Phi) is 4.75. The summed E-state index contributed by atoms with van der Waals surface area (Å²) < 4.78 is 28.4. The van der Waals surface area contributed by atoms with E-state index in [9.17, 15) is 8.42 Å². The molecule has 3 aromatic carbocycles. The van der Waals surface area contributed by atoms with Crippen molar-refractivity contribution >= 4 is 26.8 Å². The largest absolute Gasteiger partial charge is 0.279 e. The standard InChI is InChI=1S/C24H20N4O2S/c1-17-7-5-8-18(15-17)22-16-23(20-11-6-12-21-24(20)26-14-13-25-21)28(27-22)31(29,30)19-9-3-2-4-10-19/h2-15,23H,16H2,1H3/t23-/m0/s1. The monoisotopic (exact) mass is 428 g/mol. The van der Waals surface area contributed by atoms with Crippen molar-refractivity contribution in [3.8, 4) is 0 Å². The third-order valence-corrected chi connectivity index (χ3v) is 7.10. The van der Waals surface area contributed by atoms with Gasteiger partial charge in [0.15, 0.2) is 0 Å². The van der Waals surface area contributed by atoms with E-state index in [1.807, 2.05) is 49.4 Å². The number of nitrogens with zero attached hydrogens (tertiary/aromatic N) is 4. The highest BCUT2D eigenvalue weighted by molar-refractivity contribution is 7.89. The molecule has 0 radical (unpaired) electrons. The molecule has 2 heterocycles. The van der Waals surface area contributed by atoms with E-state index in [4.69, 9.17) is 0 Å². The van der Waals surface area contributed by atoms with Crippen LogP contribution in [0.4, 0.5) is 0 Å². The van der Waals surface area contributed by atoms with Gasteiger partial charge in [0.2, 0.25) is 0 Å². The Balaban J connectivity index is 1.68. The number of rotatable bonds is 4. The molecule has 1 aliphatic heterocycles. The highest BCUT2D eigenvalue weighted by Gasteiger charge is 2.38. The van der Waals surface area contributed by atoms with Crippen LogP contribution in [0.3, 0.4) is 0 Å². The van der Waals surface area contributed by atoms with Gasteiger partial charge in [0.1, 0.15) is 0 Å². The molecule has 4 aromatic rings. The molecule has 5 rings (SSSR count). The smallest absolute Gasteiger partial charge is 0.253 e. The van der Waals surface area contributed by atoms with Crippen LogP contribution in [-0.2, 0) is 10.0 Å². The highest BCUT2D eigenvalue weighted by atomic mass is 32.2. The van der Waals surface area contributed by atoms with Crippen molar-refractivity contribution < 1.29 is 8.42 Å². The Labute approximate surface area is 181 Å². The number of hydrogen-bond acceptors (Lipinski definition) is 5. The van der Waals surface area contributed by atoms with Crippen molar-refractivity contribution in [3.05, 3.63) is 102 Å². The van der Waals surface area contributed by atoms with E-state index in [0.29, 0.717) is 11.9 Å². The van der Waals surface area contributed by atoms with Gasteiger partial charge in [0.05, 0.1) is 27.7 Å². The van der Waals surface area contributed by atoms with E-state index < -0.39 is 16.1 Å². The topological polar surface area (TPSA) is 75.5 Å². The van der Waals surface area contributed by atoms with E-state index in [-0.39, 0.29) is 4.90 Å². The third kappa shape index (κ3) is 3.47. The summed E-state index contributed by atoms with van der Waals surface area (Å²) in [5, 5.41) is 4.63. The van der Waals surface area contributed by atoms with Gasteiger partial charge >= 0.3 is 0 Å². The minimum atomic E-state index is -3.86. The van der Waals surface area contributed by atoms with Gasteiger partial charge in [-0.2, -0.15) is 17.9 Å². The van der Waals surface area contributed by atoms with Crippen LogP contribution in [0.15, 0.2) is 95.2 Å². The van der Waals surface area contributed by atoms with Gasteiger partial charge in [0, 0.05) is 24.4 Å². The Bertz CT molecular complexity index is 1400. The van der Waals surface area contributed by atoms with Crippen molar-refractivity contribution in [2.24, 2.45) is 5.10 Å². The first-order valence-corrected chi connectivity index (χ1v) is 11.4. The van der Waals surface area contributed by atoms with E-state index in [0.717, 1.165) is 27.9 Å². The number of benzene rings is 3. The summed E-state index contributed by atoms with van der Waals surface area (Å²) in [7, 11) is -3.86. The number of sulfonamides is 1. The fourth-order valence-corrected chi connectivity index (χ4v) is 5.37. The van der Waals surface area contributed by atoms with Gasteiger partial charge in [-0.25, -0.2) is 0 Å². The van der Waals surface area contributed by atoms with Crippen LogP contribution in [0.5, 0.6) is 0 Å². The molecule has 0 unspecified atom stereocenters. The van der Waals surface area contributed by atoms with Crippen LogP contribution >= 0.6 is 0 Å². The van der Waals surface area contributed by atoms with Crippen molar-refractivity contribution in [2.75, 3.05) is 0 Å². The molecular weight excluding hydrogens is 408 g/mol. The van der Waals surface area contributed by atoms with Crippen LogP contribution < -0.4 is 0 Å². The molecule has 0 bridgehead atoms. The summed E-state index contributed by atoms with van der Waals surface area (Å²) in [5.74, 6) is 0. The first-order valence-electron chi connectivity index (χ1n) is 9.98. The lowest BCUT2D eigenvalue weighted by Gasteiger charge is -2.24. The average molecular weight is 429 g/mol. The Hall–Kier alpha value is -3.58. The SMILES string of the molecule is Cc1cccc(C2=NN(S(=O)(=O)c3ccccc3)[C@H](c3cccc4nccnc34)C2)c1. The molecule has 7 heteroatoms. The van der Waals surface area contributed by atoms with Gasteiger partial charge < -0.3 is 0 Å². The first kappa shape index (κ1) is 19.4. The third-order valence-electron chi connectivity index (χ3n) is 5.40. The zero-order valence-electron chi connectivity index (χ0n) is 16.9. The van der Waals surface area contributed by atoms with E-state index in [1.165, 1.54) is 4.41 Å². The fraction of sp³-hybridized carbons (Fsp3) is 0.125. The summed E-state index contributed by atoms with van der Waals surface area (Å²) >= 11 is 0. The minimum Gasteiger partial charge on any atom is -0.253 e. The van der Waals surface area contributed by atoms with Crippen molar-refractivity contribution in [2.45, 2.75) is 24.3 Å². The van der Waals surface area contributed by atoms with Crippen molar-refractivity contribution in [1.29, 1.82) is 0 Å². The Morgan fingerprint density at radius 2 is 1.68 bits per heavy atom. The maximum Gasteiger partial charge on any atom is 0.279 e. The normalized spacial score (nSPS) is 16.5. The number of fused-ring (bicyclic) bond motifs is 1. The van der Waals surface area contributed by atoms with Crippen LogP contribution in [-0.4, -0.2) is 28.5 Å². The van der Waals surface area contributed by atoms with Crippen LogP contribution in [0.1, 0.15) is 29.2 Å². The number of hydrazone groups is 1. The molecule has 0 aliphatic carbocycles. The Morgan fingerprint density at radius 3 is 2.48 bits per heavy atom. The lowest BCUT2D eigenvalue weighted by Crippen LogP contribution is -2.27. The maximum absolute atomic E-state index is 13.6. The van der Waals surface area contributed by atoms with E-state index >= 15 is 0 Å². The molecule has 1 aliphatic rings. The van der Waals surface area contributed by atoms with Crippen LogP contribution in [0.2, 0.25) is 0 Å². The summed E-state index contributed by atoms with van der Waals surface area (Å²) in [5.41, 5.74) is 4.94. The van der Waals surface area contributed by atoms with Gasteiger partial charge in [-0.3, -0.25) is 9.97 Å². The average Bonchev–Trinajstić information content (AvgIpc) is 3.26. The summed E-state index contributed by atoms with van der Waals surface area (Å²) in [6.45, 7) is 2.01. The summed E-state index contributed by atoms with van der Waals surface area (Å²) in [6.07, 6.45) is 3.71. The van der Waals surface area contributed by atoms with Crippen molar-refractivity contribution in [1.82, 2.24) is 14.4 Å². The molecule has 1 atom stereocenters. The second-order valence-electron chi connectivity index (χ2n) is 7.50. The molecule has 0 saturated carbocycles. The molecule has 6 nitrogen and oxygen atoms in total. The quantitative estimate of drug-likeness (QED) is 0.480. The zero-order valence-corrected chi connectivity index (χ0v) is 17.7. The number of para-hydroxylation sites is 1. The lowest BCUT2D eigenvalue weighted by atomic mass is 9.97. The summed E-state index contributed by atoms with van der Waals surface area (Å²) in [6, 6.07) is 21.5. The molecule has 0 spiro atoms. The van der Waals surface area contributed by atoms with Gasteiger partial charge in [-0.05, 0) is 30.7 Å². The number of hydrogen-bond donors (Lipinski definition) is 0. The second kappa shape index (κ2) is 7.59. The van der Waals surface area contributed by atoms with Crippen molar-refractivity contribution in [3.63, 3.8) is 0 Å². The molecular formula is C24H20N4O2S. The summed E-state index contributed by atoms with van der Waals surface area (Å²) in [4.78, 5) is 9.08. The van der Waals surface area contributed by atoms with Crippen LogP contribution in [0.25, 0.3) is 11.0 Å². The number of aromatic nitrogens is 2. The predicted octanol–water partition coefficient (Wildman–Crippen LogP) is 4.48. The number of aryl methyl sites for hydroxylation is 1. The lowest BCUT2D eigenvalue weighted by molar-refractivity contribution is 0.373. The predicted molar refractivity (Wildman–Crippen MR) is 120 cm³/mol. The molecule has 154 valence electrons. The van der Waals surface area contributed by atoms with Gasteiger partial charge in [-0.1, -0.05) is 60.2 Å². The maximum atomic E-state index is 13.6. The second-order valence-corrected chi connectivity index (χ2v) is 9.29. The zero-order chi connectivity index (χ0) is 21.4. The molecule has 0 fully saturated rings. The molecule has 0 saturated heterocycles. The highest BCUT2D eigenvalue weighted by Crippen LogP contribution is 2.39. The van der Waals surface area contributed by atoms with E-state index in [1.54, 1.807) is 42.7 Å². The minimum absolute atomic E-state index is 0.209. The van der Waals surface area contributed by atoms with Gasteiger partial charge in [0.25, 0.3) is 10.0 Å². The molecule has 0 amide bonds. The van der Waals surface area contributed by atoms with Crippen LogP contribution in [0, 0.1) is 6.92 Å². The van der Waals surface area contributed by atoms with E-state index in [2.05, 4.69) is 15.1 Å².